The van der Waals surface area contributed by atoms with Gasteiger partial charge in [-0.25, -0.2) is 8.42 Å². The monoisotopic (exact) mass is 596 g/mol. The molecule has 0 aliphatic rings. The molecule has 0 fully saturated rings. The zero-order valence-electron chi connectivity index (χ0n) is 24.1. The standard InChI is InChI=1S/C30H36N4O7S/c1-5-22(3)31-30(36)28(6-2)32(20-23-12-10-15-26(18-23)41-4)29(35)21-33(24-13-11-14-25(19-24)34(37)38)42(39,40)27-16-8-7-9-17-27/h7-19,22,28H,5-6,20-21H2,1-4H3,(H,31,36). The quantitative estimate of drug-likeness (QED) is 0.213. The number of nitro benzene ring substituents is 1. The van der Waals surface area contributed by atoms with Gasteiger partial charge < -0.3 is 15.0 Å². The number of rotatable bonds is 14. The maximum absolute atomic E-state index is 14.1. The Morgan fingerprint density at radius 2 is 1.67 bits per heavy atom. The molecule has 0 aromatic heterocycles. The number of non-ortho nitro benzene ring substituents is 1. The molecule has 3 aromatic rings. The van der Waals surface area contributed by atoms with E-state index in [0.717, 1.165) is 10.4 Å². The fourth-order valence-corrected chi connectivity index (χ4v) is 5.77. The maximum atomic E-state index is 14.1. The minimum Gasteiger partial charge on any atom is -0.497 e. The summed E-state index contributed by atoms with van der Waals surface area (Å²) < 4.78 is 33.9. The largest absolute Gasteiger partial charge is 0.497 e. The van der Waals surface area contributed by atoms with Gasteiger partial charge in [0.25, 0.3) is 15.7 Å². The van der Waals surface area contributed by atoms with Crippen molar-refractivity contribution in [2.24, 2.45) is 0 Å². The van der Waals surface area contributed by atoms with Gasteiger partial charge in [-0.2, -0.15) is 0 Å². The molecule has 0 saturated carbocycles. The smallest absolute Gasteiger partial charge is 0.271 e. The van der Waals surface area contributed by atoms with E-state index in [9.17, 15) is 28.1 Å². The predicted octanol–water partition coefficient (Wildman–Crippen LogP) is 4.52. The Bertz CT molecular complexity index is 1500. The van der Waals surface area contributed by atoms with E-state index in [1.54, 1.807) is 49.4 Å². The summed E-state index contributed by atoms with van der Waals surface area (Å²) in [6, 6.07) is 18.6. The molecule has 11 nitrogen and oxygen atoms in total. The van der Waals surface area contributed by atoms with E-state index in [4.69, 9.17) is 4.74 Å². The first-order valence-corrected chi connectivity index (χ1v) is 15.0. The van der Waals surface area contributed by atoms with Crippen LogP contribution in [-0.4, -0.2) is 55.8 Å². The summed E-state index contributed by atoms with van der Waals surface area (Å²) in [5.74, 6) is -0.465. The predicted molar refractivity (Wildman–Crippen MR) is 160 cm³/mol. The van der Waals surface area contributed by atoms with Gasteiger partial charge >= 0.3 is 0 Å². The van der Waals surface area contributed by atoms with Crippen molar-refractivity contribution in [1.29, 1.82) is 0 Å². The number of hydrogen-bond acceptors (Lipinski definition) is 7. The van der Waals surface area contributed by atoms with Crippen LogP contribution in [0.25, 0.3) is 0 Å². The fourth-order valence-electron chi connectivity index (χ4n) is 4.34. The number of nitrogens with one attached hydrogen (secondary N) is 1. The Hall–Kier alpha value is -4.45. The number of benzene rings is 3. The zero-order valence-corrected chi connectivity index (χ0v) is 24.9. The summed E-state index contributed by atoms with van der Waals surface area (Å²) in [6.45, 7) is 4.85. The third-order valence-corrected chi connectivity index (χ3v) is 8.60. The van der Waals surface area contributed by atoms with Crippen LogP contribution in [0.5, 0.6) is 5.75 Å². The van der Waals surface area contributed by atoms with Crippen LogP contribution in [0.3, 0.4) is 0 Å². The summed E-state index contributed by atoms with van der Waals surface area (Å²) in [5, 5.41) is 14.4. The number of ether oxygens (including phenoxy) is 1. The van der Waals surface area contributed by atoms with Gasteiger partial charge in [0.2, 0.25) is 11.8 Å². The number of sulfonamides is 1. The summed E-state index contributed by atoms with van der Waals surface area (Å²) in [7, 11) is -2.83. The molecule has 0 aliphatic carbocycles. The van der Waals surface area contributed by atoms with Gasteiger partial charge in [-0.05, 0) is 55.7 Å². The lowest BCUT2D eigenvalue weighted by Crippen LogP contribution is -2.53. The van der Waals surface area contributed by atoms with Gasteiger partial charge in [0, 0.05) is 24.7 Å². The number of carbonyl (C=O) groups is 2. The van der Waals surface area contributed by atoms with Crippen molar-refractivity contribution in [3.8, 4) is 5.75 Å². The molecule has 0 bridgehead atoms. The van der Waals surface area contributed by atoms with E-state index < -0.39 is 33.4 Å². The van der Waals surface area contributed by atoms with Crippen LogP contribution >= 0.6 is 0 Å². The number of amides is 2. The van der Waals surface area contributed by atoms with E-state index in [1.165, 1.54) is 42.3 Å². The third kappa shape index (κ3) is 7.84. The van der Waals surface area contributed by atoms with Crippen LogP contribution in [-0.2, 0) is 26.2 Å². The SMILES string of the molecule is CCC(C)NC(=O)C(CC)N(Cc1cccc(OC)c1)C(=O)CN(c1cccc([N+](=O)[O-])c1)S(=O)(=O)c1ccccc1. The third-order valence-electron chi connectivity index (χ3n) is 6.81. The zero-order chi connectivity index (χ0) is 30.9. The first-order valence-electron chi connectivity index (χ1n) is 13.6. The molecule has 0 heterocycles. The normalized spacial score (nSPS) is 12.6. The lowest BCUT2D eigenvalue weighted by atomic mass is 10.1. The molecule has 0 radical (unpaired) electrons. The van der Waals surface area contributed by atoms with Crippen molar-refractivity contribution in [2.75, 3.05) is 18.0 Å². The Balaban J connectivity index is 2.10. The van der Waals surface area contributed by atoms with Crippen molar-refractivity contribution in [3.05, 3.63) is 94.5 Å². The fraction of sp³-hybridized carbons (Fsp3) is 0.333. The molecule has 1 N–H and O–H groups in total. The number of anilines is 1. The second-order valence-corrected chi connectivity index (χ2v) is 11.6. The summed E-state index contributed by atoms with van der Waals surface area (Å²) >= 11 is 0. The van der Waals surface area contributed by atoms with Crippen molar-refractivity contribution in [1.82, 2.24) is 10.2 Å². The summed E-state index contributed by atoms with van der Waals surface area (Å²) in [4.78, 5) is 39.6. The highest BCUT2D eigenvalue weighted by atomic mass is 32.2. The topological polar surface area (TPSA) is 139 Å². The highest BCUT2D eigenvalue weighted by molar-refractivity contribution is 7.92. The average Bonchev–Trinajstić information content (AvgIpc) is 2.99. The highest BCUT2D eigenvalue weighted by Crippen LogP contribution is 2.28. The van der Waals surface area contributed by atoms with Crippen LogP contribution in [0.1, 0.15) is 39.2 Å². The Morgan fingerprint density at radius 1 is 0.976 bits per heavy atom. The molecule has 2 atom stereocenters. The summed E-state index contributed by atoms with van der Waals surface area (Å²) in [6.07, 6.45) is 0.947. The van der Waals surface area contributed by atoms with Crippen molar-refractivity contribution >= 4 is 33.2 Å². The molecule has 12 heteroatoms. The van der Waals surface area contributed by atoms with Crippen LogP contribution < -0.4 is 14.4 Å². The van der Waals surface area contributed by atoms with Gasteiger partial charge in [-0.3, -0.25) is 24.0 Å². The van der Waals surface area contributed by atoms with Gasteiger partial charge in [0.1, 0.15) is 18.3 Å². The number of nitrogens with zero attached hydrogens (tertiary/aromatic N) is 3. The first kappa shape index (κ1) is 32.1. The van der Waals surface area contributed by atoms with Crippen molar-refractivity contribution < 1.29 is 27.7 Å². The van der Waals surface area contributed by atoms with Crippen molar-refractivity contribution in [2.45, 2.75) is 57.1 Å². The van der Waals surface area contributed by atoms with E-state index >= 15 is 0 Å². The van der Waals surface area contributed by atoms with Gasteiger partial charge in [-0.1, -0.05) is 50.2 Å². The molecular formula is C30H36N4O7S. The van der Waals surface area contributed by atoms with E-state index in [2.05, 4.69) is 5.32 Å². The highest BCUT2D eigenvalue weighted by Gasteiger charge is 2.34. The molecule has 0 spiro atoms. The van der Waals surface area contributed by atoms with Gasteiger partial charge in [0.15, 0.2) is 0 Å². The van der Waals surface area contributed by atoms with Crippen LogP contribution in [0.2, 0.25) is 0 Å². The number of carbonyl (C=O) groups excluding carboxylic acids is 2. The Morgan fingerprint density at radius 3 is 2.29 bits per heavy atom. The van der Waals surface area contributed by atoms with Crippen molar-refractivity contribution in [3.63, 3.8) is 0 Å². The summed E-state index contributed by atoms with van der Waals surface area (Å²) in [5.41, 5.74) is 0.283. The average molecular weight is 597 g/mol. The second-order valence-electron chi connectivity index (χ2n) is 9.72. The first-order chi connectivity index (χ1) is 20.0. The molecule has 3 rings (SSSR count). The molecule has 0 aliphatic heterocycles. The lowest BCUT2D eigenvalue weighted by Gasteiger charge is -2.33. The van der Waals surface area contributed by atoms with E-state index in [-0.39, 0.29) is 41.2 Å². The van der Waals surface area contributed by atoms with Gasteiger partial charge in [0.05, 0.1) is 22.6 Å². The van der Waals surface area contributed by atoms with Crippen LogP contribution in [0.15, 0.2) is 83.8 Å². The lowest BCUT2D eigenvalue weighted by molar-refractivity contribution is -0.384. The minimum absolute atomic E-state index is 0.00335. The van der Waals surface area contributed by atoms with E-state index in [1.807, 2.05) is 13.8 Å². The van der Waals surface area contributed by atoms with E-state index in [0.29, 0.717) is 17.7 Å². The molecule has 42 heavy (non-hydrogen) atoms. The number of nitro groups is 1. The Labute approximate surface area is 246 Å². The molecule has 2 unspecified atom stereocenters. The number of methoxy groups -OCH3 is 1. The molecule has 0 saturated heterocycles. The van der Waals surface area contributed by atoms with Gasteiger partial charge in [-0.15, -0.1) is 0 Å². The van der Waals surface area contributed by atoms with Crippen LogP contribution in [0.4, 0.5) is 11.4 Å². The molecule has 3 aromatic carbocycles. The van der Waals surface area contributed by atoms with Crippen LogP contribution in [0, 0.1) is 10.1 Å². The minimum atomic E-state index is -4.34. The molecule has 224 valence electrons. The number of hydrogen-bond donors (Lipinski definition) is 1. The molecule has 2 amide bonds. The second kappa shape index (κ2) is 14.4. The maximum Gasteiger partial charge on any atom is 0.271 e. The molecular weight excluding hydrogens is 560 g/mol. The Kier molecular flexibility index (Phi) is 11.0.